The summed E-state index contributed by atoms with van der Waals surface area (Å²) in [7, 11) is 0. The fourth-order valence-corrected chi connectivity index (χ4v) is 4.42. The van der Waals surface area contributed by atoms with Gasteiger partial charge in [-0.2, -0.15) is 0 Å². The number of hydrogen-bond acceptors (Lipinski definition) is 5. The molecule has 3 aromatic rings. The van der Waals surface area contributed by atoms with E-state index >= 15 is 0 Å². The second-order valence-corrected chi connectivity index (χ2v) is 7.89. The maximum Gasteiger partial charge on any atom is 0.225 e. The maximum absolute atomic E-state index is 14.3. The number of rotatable bonds is 3. The number of halogens is 1. The number of anilines is 2. The summed E-state index contributed by atoms with van der Waals surface area (Å²) >= 11 is 0. The Kier molecular flexibility index (Phi) is 4.91. The van der Waals surface area contributed by atoms with Crippen LogP contribution in [0.3, 0.4) is 0 Å². The second-order valence-electron chi connectivity index (χ2n) is 7.89. The fraction of sp³-hybridized carbons (Fsp3) is 0.292. The molecule has 5 rings (SSSR count). The van der Waals surface area contributed by atoms with E-state index in [0.717, 1.165) is 31.9 Å². The minimum atomic E-state index is -0.259. The van der Waals surface area contributed by atoms with E-state index < -0.39 is 0 Å². The number of aromatic nitrogens is 2. The number of benzene rings is 2. The number of Topliss-reactive ketones (excluding diaryl/α,β-unsaturated/α-hetero) is 1. The minimum absolute atomic E-state index is 0.00931. The lowest BCUT2D eigenvalue weighted by Crippen LogP contribution is -2.47. The summed E-state index contributed by atoms with van der Waals surface area (Å²) in [6, 6.07) is 17.1. The zero-order valence-electron chi connectivity index (χ0n) is 16.7. The van der Waals surface area contributed by atoms with E-state index in [2.05, 4.69) is 39.0 Å². The van der Waals surface area contributed by atoms with Crippen LogP contribution in [0, 0.1) is 5.82 Å². The minimum Gasteiger partial charge on any atom is -0.368 e. The largest absolute Gasteiger partial charge is 0.368 e. The van der Waals surface area contributed by atoms with Crippen molar-refractivity contribution in [2.75, 3.05) is 36.0 Å². The zero-order chi connectivity index (χ0) is 20.5. The number of fused-ring (bicyclic) bond motifs is 1. The molecule has 1 fully saturated rings. The van der Waals surface area contributed by atoms with Crippen LogP contribution in [-0.4, -0.2) is 41.9 Å². The average Bonchev–Trinajstić information content (AvgIpc) is 2.80. The van der Waals surface area contributed by atoms with Crippen LogP contribution in [0.1, 0.15) is 34.0 Å². The van der Waals surface area contributed by atoms with Crippen LogP contribution in [0.2, 0.25) is 0 Å². The van der Waals surface area contributed by atoms with Crippen LogP contribution < -0.4 is 9.80 Å². The van der Waals surface area contributed by atoms with E-state index in [0.29, 0.717) is 29.9 Å². The molecule has 1 atom stereocenters. The van der Waals surface area contributed by atoms with E-state index in [1.807, 2.05) is 12.1 Å². The summed E-state index contributed by atoms with van der Waals surface area (Å²) in [5.41, 5.74) is 3.12. The molecule has 5 nitrogen and oxygen atoms in total. The molecule has 0 saturated carbocycles. The van der Waals surface area contributed by atoms with Crippen molar-refractivity contribution in [1.82, 2.24) is 9.97 Å². The van der Waals surface area contributed by atoms with Gasteiger partial charge < -0.3 is 9.80 Å². The molecule has 0 radical (unpaired) electrons. The van der Waals surface area contributed by atoms with E-state index in [9.17, 15) is 9.18 Å². The molecule has 0 bridgehead atoms. The standard InChI is InChI=1S/C24H23FN4O/c25-21-9-5-4-8-19(21)17-14-22-20(23(30)15-17)16-26-24(27-22)29-12-10-28(11-13-29)18-6-2-1-3-7-18/h1-9,16-17H,10-15H2/t17-/m1/s1. The molecule has 0 spiro atoms. The van der Waals surface area contributed by atoms with E-state index in [-0.39, 0.29) is 17.5 Å². The topological polar surface area (TPSA) is 49.3 Å². The highest BCUT2D eigenvalue weighted by Gasteiger charge is 2.30. The van der Waals surface area contributed by atoms with Crippen LogP contribution in [0.4, 0.5) is 16.0 Å². The van der Waals surface area contributed by atoms with Gasteiger partial charge in [0, 0.05) is 44.5 Å². The third kappa shape index (κ3) is 3.54. The van der Waals surface area contributed by atoms with Gasteiger partial charge in [0.15, 0.2) is 5.78 Å². The number of piperazine rings is 1. The lowest BCUT2D eigenvalue weighted by molar-refractivity contribution is 0.0962. The summed E-state index contributed by atoms with van der Waals surface area (Å²) in [5.74, 6) is 0.210. The summed E-state index contributed by atoms with van der Waals surface area (Å²) in [6.07, 6.45) is 2.51. The summed E-state index contributed by atoms with van der Waals surface area (Å²) in [6.45, 7) is 3.42. The number of ketones is 1. The Morgan fingerprint density at radius 2 is 1.57 bits per heavy atom. The smallest absolute Gasteiger partial charge is 0.225 e. The molecule has 1 aliphatic heterocycles. The van der Waals surface area contributed by atoms with Crippen molar-refractivity contribution >= 4 is 17.4 Å². The predicted octanol–water partition coefficient (Wildman–Crippen LogP) is 3.86. The van der Waals surface area contributed by atoms with E-state index in [1.54, 1.807) is 18.3 Å². The van der Waals surface area contributed by atoms with Gasteiger partial charge in [-0.1, -0.05) is 36.4 Å². The Morgan fingerprint density at radius 1 is 0.867 bits per heavy atom. The van der Waals surface area contributed by atoms with Crippen molar-refractivity contribution in [1.29, 1.82) is 0 Å². The summed E-state index contributed by atoms with van der Waals surface area (Å²) < 4.78 is 14.3. The number of carbonyl (C=O) groups excluding carboxylic acids is 1. The predicted molar refractivity (Wildman–Crippen MR) is 115 cm³/mol. The number of hydrogen-bond donors (Lipinski definition) is 0. The SMILES string of the molecule is O=C1C[C@H](c2ccccc2F)Cc2nc(N3CCN(c4ccccc4)CC3)ncc21. The molecule has 2 heterocycles. The van der Waals surface area contributed by atoms with Gasteiger partial charge >= 0.3 is 0 Å². The van der Waals surface area contributed by atoms with Gasteiger partial charge in [0.1, 0.15) is 5.82 Å². The van der Waals surface area contributed by atoms with Crippen LogP contribution in [0.5, 0.6) is 0 Å². The molecule has 0 unspecified atom stereocenters. The molecule has 2 aliphatic rings. The van der Waals surface area contributed by atoms with Gasteiger partial charge in [0.25, 0.3) is 0 Å². The Morgan fingerprint density at radius 3 is 2.33 bits per heavy atom. The number of para-hydroxylation sites is 1. The van der Waals surface area contributed by atoms with Gasteiger partial charge in [0.05, 0.1) is 11.3 Å². The molecule has 0 N–H and O–H groups in total. The highest BCUT2D eigenvalue weighted by molar-refractivity contribution is 5.98. The quantitative estimate of drug-likeness (QED) is 0.666. The molecule has 2 aromatic carbocycles. The Bertz CT molecular complexity index is 1060. The van der Waals surface area contributed by atoms with Crippen molar-refractivity contribution in [3.63, 3.8) is 0 Å². The van der Waals surface area contributed by atoms with Gasteiger partial charge in [-0.3, -0.25) is 4.79 Å². The first-order valence-corrected chi connectivity index (χ1v) is 10.4. The van der Waals surface area contributed by atoms with Crippen LogP contribution >= 0.6 is 0 Å². The molecule has 1 saturated heterocycles. The van der Waals surface area contributed by atoms with E-state index in [1.165, 1.54) is 11.8 Å². The van der Waals surface area contributed by atoms with Gasteiger partial charge in [-0.25, -0.2) is 14.4 Å². The van der Waals surface area contributed by atoms with Crippen molar-refractivity contribution in [2.24, 2.45) is 0 Å². The Balaban J connectivity index is 1.34. The molecular weight excluding hydrogens is 379 g/mol. The monoisotopic (exact) mass is 402 g/mol. The maximum atomic E-state index is 14.3. The lowest BCUT2D eigenvalue weighted by Gasteiger charge is -2.36. The van der Waals surface area contributed by atoms with Crippen LogP contribution in [-0.2, 0) is 6.42 Å². The highest BCUT2D eigenvalue weighted by atomic mass is 19.1. The van der Waals surface area contributed by atoms with Crippen molar-refractivity contribution in [2.45, 2.75) is 18.8 Å². The zero-order valence-corrected chi connectivity index (χ0v) is 16.7. The first-order valence-electron chi connectivity index (χ1n) is 10.4. The fourth-order valence-electron chi connectivity index (χ4n) is 4.42. The Labute approximate surface area is 175 Å². The van der Waals surface area contributed by atoms with E-state index in [4.69, 9.17) is 4.98 Å². The van der Waals surface area contributed by atoms with Crippen LogP contribution in [0.25, 0.3) is 0 Å². The third-order valence-electron chi connectivity index (χ3n) is 6.06. The normalized spacial score (nSPS) is 19.0. The van der Waals surface area contributed by atoms with Gasteiger partial charge in [0.2, 0.25) is 5.95 Å². The lowest BCUT2D eigenvalue weighted by atomic mass is 9.82. The van der Waals surface area contributed by atoms with Crippen molar-refractivity contribution in [3.05, 3.63) is 83.4 Å². The summed E-state index contributed by atoms with van der Waals surface area (Å²) in [5, 5.41) is 0. The third-order valence-corrected chi connectivity index (χ3v) is 6.06. The molecular formula is C24H23FN4O. The first-order chi connectivity index (χ1) is 14.7. The number of nitrogens with zero attached hydrogens (tertiary/aromatic N) is 4. The van der Waals surface area contributed by atoms with Crippen molar-refractivity contribution < 1.29 is 9.18 Å². The van der Waals surface area contributed by atoms with Gasteiger partial charge in [-0.05, 0) is 36.1 Å². The molecule has 6 heteroatoms. The average molecular weight is 402 g/mol. The van der Waals surface area contributed by atoms with Gasteiger partial charge in [-0.15, -0.1) is 0 Å². The first kappa shape index (κ1) is 18.7. The van der Waals surface area contributed by atoms with Crippen LogP contribution in [0.15, 0.2) is 60.8 Å². The highest BCUT2D eigenvalue weighted by Crippen LogP contribution is 2.33. The number of carbonyl (C=O) groups is 1. The van der Waals surface area contributed by atoms with Crippen molar-refractivity contribution in [3.8, 4) is 0 Å². The molecule has 30 heavy (non-hydrogen) atoms. The summed E-state index contributed by atoms with van der Waals surface area (Å²) in [4.78, 5) is 26.4. The molecule has 1 aromatic heterocycles. The molecule has 152 valence electrons. The second kappa shape index (κ2) is 7.86. The Hall–Kier alpha value is -3.28. The molecule has 0 amide bonds. The molecule has 1 aliphatic carbocycles.